The number of rotatable bonds is 9. The van der Waals surface area contributed by atoms with Gasteiger partial charge in [-0.1, -0.05) is 54.6 Å². The molecule has 0 saturated heterocycles. The quantitative estimate of drug-likeness (QED) is 0.448. The molecular weight excluding hydrogens is 372 g/mol. The molecule has 0 unspecified atom stereocenters. The molecule has 3 N–H and O–H groups in total. The molecule has 0 aliphatic rings. The fourth-order valence-electron chi connectivity index (χ4n) is 2.39. The van der Waals surface area contributed by atoms with Crippen molar-refractivity contribution >= 4 is 23.9 Å². The first-order chi connectivity index (χ1) is 14.0. The molecule has 0 atom stereocenters. The van der Waals surface area contributed by atoms with Crippen LogP contribution < -0.4 is 15.4 Å². The summed E-state index contributed by atoms with van der Waals surface area (Å²) in [4.78, 5) is 35.7. The van der Waals surface area contributed by atoms with Crippen LogP contribution in [0, 0.1) is 0 Å². The Morgan fingerprint density at radius 2 is 1.72 bits per heavy atom. The topological polar surface area (TPSA) is 105 Å². The predicted molar refractivity (Wildman–Crippen MR) is 109 cm³/mol. The van der Waals surface area contributed by atoms with E-state index in [0.29, 0.717) is 5.75 Å². The summed E-state index contributed by atoms with van der Waals surface area (Å²) in [6.45, 7) is -0.0571. The van der Waals surface area contributed by atoms with Crippen molar-refractivity contribution in [3.05, 3.63) is 83.6 Å². The van der Waals surface area contributed by atoms with E-state index in [9.17, 15) is 14.4 Å². The van der Waals surface area contributed by atoms with Crippen LogP contribution in [0.5, 0.6) is 5.75 Å². The number of benzene rings is 2. The van der Waals surface area contributed by atoms with Gasteiger partial charge in [0, 0.05) is 6.54 Å². The Morgan fingerprint density at radius 1 is 1.03 bits per heavy atom. The summed E-state index contributed by atoms with van der Waals surface area (Å²) in [7, 11) is 1.45. The van der Waals surface area contributed by atoms with Gasteiger partial charge < -0.3 is 20.5 Å². The zero-order chi connectivity index (χ0) is 21.1. The fourth-order valence-corrected chi connectivity index (χ4v) is 2.39. The Morgan fingerprint density at radius 3 is 2.41 bits per heavy atom. The maximum absolute atomic E-state index is 12.6. The highest BCUT2D eigenvalue weighted by molar-refractivity contribution is 6.04. The van der Waals surface area contributed by atoms with E-state index in [-0.39, 0.29) is 24.2 Å². The molecule has 0 aliphatic carbocycles. The number of carboxylic acids is 1. The van der Waals surface area contributed by atoms with E-state index in [2.05, 4.69) is 10.6 Å². The summed E-state index contributed by atoms with van der Waals surface area (Å²) in [6, 6.07) is 16.1. The molecule has 2 aromatic rings. The van der Waals surface area contributed by atoms with E-state index >= 15 is 0 Å². The zero-order valence-electron chi connectivity index (χ0n) is 15.9. The molecule has 0 radical (unpaired) electrons. The summed E-state index contributed by atoms with van der Waals surface area (Å²) in [5.41, 5.74) is 1.18. The number of ether oxygens (including phenoxy) is 1. The average Bonchev–Trinajstić information content (AvgIpc) is 2.73. The predicted octanol–water partition coefficient (Wildman–Crippen LogP) is 2.61. The van der Waals surface area contributed by atoms with Crippen molar-refractivity contribution in [1.29, 1.82) is 0 Å². The highest BCUT2D eigenvalue weighted by Crippen LogP contribution is 2.17. The summed E-state index contributed by atoms with van der Waals surface area (Å²) in [6.07, 6.45) is 4.64. The van der Waals surface area contributed by atoms with E-state index in [1.54, 1.807) is 36.4 Å². The number of para-hydroxylation sites is 1. The molecule has 2 amide bonds. The number of methoxy groups -OCH3 is 1. The van der Waals surface area contributed by atoms with Crippen LogP contribution in [0.4, 0.5) is 0 Å². The van der Waals surface area contributed by atoms with Gasteiger partial charge in [0.1, 0.15) is 11.4 Å². The minimum Gasteiger partial charge on any atom is -0.496 e. The molecule has 0 fully saturated rings. The van der Waals surface area contributed by atoms with E-state index in [0.717, 1.165) is 5.56 Å². The van der Waals surface area contributed by atoms with Gasteiger partial charge in [0.2, 0.25) is 0 Å². The Balaban J connectivity index is 2.20. The van der Waals surface area contributed by atoms with Crippen LogP contribution in [0.2, 0.25) is 0 Å². The van der Waals surface area contributed by atoms with E-state index in [4.69, 9.17) is 9.84 Å². The molecule has 0 spiro atoms. The Hall–Kier alpha value is -3.87. The van der Waals surface area contributed by atoms with Crippen LogP contribution in [-0.2, 0) is 9.59 Å². The van der Waals surface area contributed by atoms with Crippen LogP contribution in [0.1, 0.15) is 22.3 Å². The van der Waals surface area contributed by atoms with Gasteiger partial charge in [0.15, 0.2) is 0 Å². The lowest BCUT2D eigenvalue weighted by Crippen LogP contribution is -2.36. The molecule has 150 valence electrons. The lowest BCUT2D eigenvalue weighted by atomic mass is 10.1. The van der Waals surface area contributed by atoms with Crippen LogP contribution in [0.25, 0.3) is 6.08 Å². The average molecular weight is 394 g/mol. The van der Waals surface area contributed by atoms with Crippen molar-refractivity contribution in [2.45, 2.75) is 6.42 Å². The van der Waals surface area contributed by atoms with Gasteiger partial charge in [-0.25, -0.2) is 0 Å². The number of aliphatic carboxylic acids is 1. The molecule has 2 rings (SSSR count). The van der Waals surface area contributed by atoms with Crippen molar-refractivity contribution in [3.63, 3.8) is 0 Å². The van der Waals surface area contributed by atoms with Crippen LogP contribution >= 0.6 is 0 Å². The van der Waals surface area contributed by atoms with Gasteiger partial charge >= 0.3 is 5.97 Å². The van der Waals surface area contributed by atoms with Gasteiger partial charge in [-0.15, -0.1) is 0 Å². The van der Waals surface area contributed by atoms with Crippen LogP contribution in [0.15, 0.2) is 72.4 Å². The normalized spacial score (nSPS) is 11.1. The van der Waals surface area contributed by atoms with Gasteiger partial charge in [-0.2, -0.15) is 0 Å². The standard InChI is InChI=1S/C22H22N2O5/c1-29-19-13-6-5-11-17(19)21(27)24-18(22(28)23-15-14-20(25)26)12-7-10-16-8-3-2-4-9-16/h2-13H,14-15H2,1H3,(H,23,28)(H,24,27)(H,25,26)/b10-7+,18-12+. The van der Waals surface area contributed by atoms with Gasteiger partial charge in [-0.3, -0.25) is 14.4 Å². The second-order valence-electron chi connectivity index (χ2n) is 5.90. The Kier molecular flexibility index (Phi) is 8.19. The van der Waals surface area contributed by atoms with Gasteiger partial charge in [-0.05, 0) is 23.8 Å². The molecule has 0 aromatic heterocycles. The molecule has 0 saturated carbocycles. The van der Waals surface area contributed by atoms with Crippen molar-refractivity contribution < 1.29 is 24.2 Å². The second kappa shape index (κ2) is 11.1. The minimum atomic E-state index is -1.03. The lowest BCUT2D eigenvalue weighted by molar-refractivity contribution is -0.136. The third-order valence-corrected chi connectivity index (χ3v) is 3.82. The molecule has 29 heavy (non-hydrogen) atoms. The first-order valence-corrected chi connectivity index (χ1v) is 8.89. The molecular formula is C22H22N2O5. The van der Waals surface area contributed by atoms with E-state index in [1.165, 1.54) is 13.2 Å². The number of carbonyl (C=O) groups is 3. The maximum atomic E-state index is 12.6. The summed E-state index contributed by atoms with van der Waals surface area (Å²) in [5, 5.41) is 13.8. The molecule has 0 heterocycles. The zero-order valence-corrected chi connectivity index (χ0v) is 15.9. The molecule has 7 heteroatoms. The Bertz CT molecular complexity index is 920. The summed E-state index contributed by atoms with van der Waals surface area (Å²) >= 11 is 0. The molecule has 0 bridgehead atoms. The van der Waals surface area contributed by atoms with Gasteiger partial charge in [0.05, 0.1) is 19.1 Å². The fraction of sp³-hybridized carbons (Fsp3) is 0.136. The van der Waals surface area contributed by atoms with Crippen molar-refractivity contribution in [2.75, 3.05) is 13.7 Å². The lowest BCUT2D eigenvalue weighted by Gasteiger charge is -2.12. The van der Waals surface area contributed by atoms with E-state index < -0.39 is 17.8 Å². The number of carboxylic acid groups (broad SMARTS) is 1. The summed E-state index contributed by atoms with van der Waals surface area (Å²) < 4.78 is 5.18. The monoisotopic (exact) mass is 394 g/mol. The first-order valence-electron chi connectivity index (χ1n) is 8.89. The third kappa shape index (κ3) is 6.99. The molecule has 0 aliphatic heterocycles. The number of hydrogen-bond donors (Lipinski definition) is 3. The largest absolute Gasteiger partial charge is 0.496 e. The summed E-state index contributed by atoms with van der Waals surface area (Å²) in [5.74, 6) is -1.77. The molecule has 7 nitrogen and oxygen atoms in total. The minimum absolute atomic E-state index is 0.0153. The highest BCUT2D eigenvalue weighted by Gasteiger charge is 2.16. The van der Waals surface area contributed by atoms with Crippen molar-refractivity contribution in [3.8, 4) is 5.75 Å². The Labute approximate surface area is 168 Å². The number of amides is 2. The third-order valence-electron chi connectivity index (χ3n) is 3.82. The van der Waals surface area contributed by atoms with Gasteiger partial charge in [0.25, 0.3) is 11.8 Å². The maximum Gasteiger partial charge on any atom is 0.305 e. The van der Waals surface area contributed by atoms with E-state index in [1.807, 2.05) is 30.3 Å². The first kappa shape index (κ1) is 21.4. The molecule has 2 aromatic carbocycles. The highest BCUT2D eigenvalue weighted by atomic mass is 16.5. The van der Waals surface area contributed by atoms with Crippen molar-refractivity contribution in [1.82, 2.24) is 10.6 Å². The second-order valence-corrected chi connectivity index (χ2v) is 5.90. The number of hydrogen-bond acceptors (Lipinski definition) is 4. The van der Waals surface area contributed by atoms with Crippen molar-refractivity contribution in [2.24, 2.45) is 0 Å². The SMILES string of the molecule is COc1ccccc1C(=O)N/C(=C/C=C/c1ccccc1)C(=O)NCCC(=O)O. The number of nitrogens with one attached hydrogen (secondary N) is 2. The van der Waals surface area contributed by atoms with Crippen LogP contribution in [-0.4, -0.2) is 36.5 Å². The number of carbonyl (C=O) groups excluding carboxylic acids is 2. The number of allylic oxidation sites excluding steroid dienone is 2. The van der Waals surface area contributed by atoms with Crippen LogP contribution in [0.3, 0.4) is 0 Å². The smallest absolute Gasteiger partial charge is 0.305 e.